The molecule has 2 aliphatic heterocycles. The molecule has 2 saturated heterocycles. The van der Waals surface area contributed by atoms with E-state index in [1.165, 1.54) is 38.9 Å². The van der Waals surface area contributed by atoms with Crippen LogP contribution in [-0.4, -0.2) is 91.8 Å². The average Bonchev–Trinajstić information content (AvgIpc) is 2.73. The maximum atomic E-state index is 12.4. The van der Waals surface area contributed by atoms with Crippen molar-refractivity contribution in [2.75, 3.05) is 59.4 Å². The Morgan fingerprint density at radius 1 is 1.06 bits per heavy atom. The number of amides is 1. The van der Waals surface area contributed by atoms with Crippen LogP contribution >= 0.6 is 0 Å². The monoisotopic (exact) mass is 437 g/mol. The summed E-state index contributed by atoms with van der Waals surface area (Å²) in [6, 6.07) is 0. The van der Waals surface area contributed by atoms with E-state index >= 15 is 0 Å². The molecule has 0 bridgehead atoms. The summed E-state index contributed by atoms with van der Waals surface area (Å²) in [5, 5.41) is 3.64. The molecule has 2 rings (SSSR count). The van der Waals surface area contributed by atoms with Crippen molar-refractivity contribution in [1.82, 2.24) is 20.0 Å². The van der Waals surface area contributed by atoms with E-state index in [4.69, 9.17) is 4.74 Å². The second-order valence-electron chi connectivity index (χ2n) is 10.2. The van der Waals surface area contributed by atoms with Gasteiger partial charge < -0.3 is 24.8 Å². The zero-order valence-corrected chi connectivity index (χ0v) is 21.0. The fraction of sp³-hybridized carbons (Fsp3) is 0.917. The molecule has 0 aromatic carbocycles. The minimum absolute atomic E-state index is 0.195. The van der Waals surface area contributed by atoms with Gasteiger partial charge in [-0.15, -0.1) is 0 Å². The molecule has 0 aromatic rings. The molecule has 0 saturated carbocycles. The lowest BCUT2D eigenvalue weighted by molar-refractivity contribution is 0.0214. The van der Waals surface area contributed by atoms with Gasteiger partial charge in [-0.3, -0.25) is 4.99 Å². The molecule has 2 fully saturated rings. The van der Waals surface area contributed by atoms with E-state index < -0.39 is 5.60 Å². The lowest BCUT2D eigenvalue weighted by Crippen LogP contribution is -2.49. The predicted octanol–water partition coefficient (Wildman–Crippen LogP) is 3.65. The van der Waals surface area contributed by atoms with Crippen LogP contribution in [0.4, 0.5) is 4.79 Å². The highest BCUT2D eigenvalue weighted by molar-refractivity contribution is 5.80. The molecule has 0 aromatic heterocycles. The maximum absolute atomic E-state index is 12.4. The predicted molar refractivity (Wildman–Crippen MR) is 129 cm³/mol. The molecule has 1 amide bonds. The Morgan fingerprint density at radius 2 is 1.68 bits per heavy atom. The van der Waals surface area contributed by atoms with Crippen LogP contribution < -0.4 is 5.32 Å². The number of carbonyl (C=O) groups is 1. The van der Waals surface area contributed by atoms with Gasteiger partial charge in [0.15, 0.2) is 5.96 Å². The van der Waals surface area contributed by atoms with E-state index in [2.05, 4.69) is 27.0 Å². The van der Waals surface area contributed by atoms with E-state index in [1.807, 2.05) is 39.6 Å². The molecule has 0 spiro atoms. The Hall–Kier alpha value is -1.50. The number of ether oxygens (including phenoxy) is 1. The number of aliphatic imine (C=N–C) groups is 1. The van der Waals surface area contributed by atoms with Crippen LogP contribution in [0, 0.1) is 11.8 Å². The molecule has 0 aliphatic carbocycles. The number of hydrogen-bond acceptors (Lipinski definition) is 4. The molecule has 0 atom stereocenters. The number of guanidine groups is 1. The van der Waals surface area contributed by atoms with Crippen molar-refractivity contribution in [2.45, 2.75) is 72.3 Å². The third-order valence-electron chi connectivity index (χ3n) is 6.43. The van der Waals surface area contributed by atoms with Gasteiger partial charge in [-0.25, -0.2) is 4.79 Å². The average molecular weight is 438 g/mol. The third-order valence-corrected chi connectivity index (χ3v) is 6.43. The van der Waals surface area contributed by atoms with Crippen molar-refractivity contribution in [3.63, 3.8) is 0 Å². The quantitative estimate of drug-likeness (QED) is 0.487. The molecule has 7 nitrogen and oxygen atoms in total. The fourth-order valence-corrected chi connectivity index (χ4v) is 4.60. The molecule has 31 heavy (non-hydrogen) atoms. The van der Waals surface area contributed by atoms with Crippen LogP contribution in [0.5, 0.6) is 0 Å². The first-order chi connectivity index (χ1) is 14.8. The highest BCUT2D eigenvalue weighted by Crippen LogP contribution is 2.21. The van der Waals surface area contributed by atoms with Crippen LogP contribution in [0.3, 0.4) is 0 Å². The number of likely N-dealkylation sites (tertiary alicyclic amines) is 2. The van der Waals surface area contributed by atoms with E-state index in [9.17, 15) is 4.79 Å². The molecule has 180 valence electrons. The second kappa shape index (κ2) is 12.5. The summed E-state index contributed by atoms with van der Waals surface area (Å²) in [4.78, 5) is 23.8. The summed E-state index contributed by atoms with van der Waals surface area (Å²) in [6.07, 6.45) is 5.77. The number of hydrogen-bond donors (Lipinski definition) is 1. The Bertz CT molecular complexity index is 559. The van der Waals surface area contributed by atoms with Gasteiger partial charge in [-0.1, -0.05) is 6.92 Å². The first kappa shape index (κ1) is 25.8. The lowest BCUT2D eigenvalue weighted by atomic mass is 9.96. The summed E-state index contributed by atoms with van der Waals surface area (Å²) in [6.45, 7) is 18.2. The fourth-order valence-electron chi connectivity index (χ4n) is 4.60. The highest BCUT2D eigenvalue weighted by atomic mass is 16.6. The molecule has 2 heterocycles. The number of carbonyl (C=O) groups excluding carboxylic acids is 1. The van der Waals surface area contributed by atoms with Crippen molar-refractivity contribution in [2.24, 2.45) is 16.8 Å². The van der Waals surface area contributed by atoms with Gasteiger partial charge in [0.05, 0.1) is 0 Å². The second-order valence-corrected chi connectivity index (χ2v) is 10.2. The van der Waals surface area contributed by atoms with E-state index in [-0.39, 0.29) is 6.09 Å². The molecule has 0 radical (unpaired) electrons. The normalized spacial score (nSPS) is 20.1. The summed E-state index contributed by atoms with van der Waals surface area (Å²) in [5.74, 6) is 2.30. The zero-order chi connectivity index (χ0) is 22.9. The summed E-state index contributed by atoms with van der Waals surface area (Å²) in [7, 11) is 1.89. The van der Waals surface area contributed by atoms with Gasteiger partial charge in [0.25, 0.3) is 0 Å². The number of rotatable bonds is 7. The first-order valence-electron chi connectivity index (χ1n) is 12.4. The van der Waals surface area contributed by atoms with E-state index in [0.717, 1.165) is 50.9 Å². The summed E-state index contributed by atoms with van der Waals surface area (Å²) < 4.78 is 5.56. The topological polar surface area (TPSA) is 60.4 Å². The minimum atomic E-state index is -0.446. The van der Waals surface area contributed by atoms with Crippen molar-refractivity contribution >= 4 is 12.1 Å². The van der Waals surface area contributed by atoms with Gasteiger partial charge in [-0.05, 0) is 91.3 Å². The molecule has 7 heteroatoms. The van der Waals surface area contributed by atoms with Crippen molar-refractivity contribution in [3.8, 4) is 0 Å². The minimum Gasteiger partial charge on any atom is -0.444 e. The van der Waals surface area contributed by atoms with E-state index in [1.54, 1.807) is 0 Å². The number of piperidine rings is 2. The third kappa shape index (κ3) is 8.87. The van der Waals surface area contributed by atoms with Crippen LogP contribution in [0.25, 0.3) is 0 Å². The van der Waals surface area contributed by atoms with Crippen molar-refractivity contribution < 1.29 is 9.53 Å². The number of nitrogens with zero attached hydrogens (tertiary/aromatic N) is 4. The van der Waals surface area contributed by atoms with Crippen LogP contribution in [0.15, 0.2) is 4.99 Å². The maximum Gasteiger partial charge on any atom is 0.410 e. The SMILES string of the molecule is CCCN1CCC(CNC(=NC)N2CCC(CN(CC)C(=O)OC(C)(C)C)CC2)CC1. The Balaban J connectivity index is 1.73. The molecule has 1 N–H and O–H groups in total. The van der Waals surface area contributed by atoms with Gasteiger partial charge in [0, 0.05) is 39.8 Å². The van der Waals surface area contributed by atoms with Crippen molar-refractivity contribution in [3.05, 3.63) is 0 Å². The summed E-state index contributed by atoms with van der Waals surface area (Å²) in [5.41, 5.74) is -0.446. The van der Waals surface area contributed by atoms with Gasteiger partial charge in [-0.2, -0.15) is 0 Å². The zero-order valence-electron chi connectivity index (χ0n) is 21.0. The van der Waals surface area contributed by atoms with Crippen LogP contribution in [0.1, 0.15) is 66.7 Å². The lowest BCUT2D eigenvalue weighted by Gasteiger charge is -2.37. The number of nitrogens with one attached hydrogen (secondary N) is 1. The largest absolute Gasteiger partial charge is 0.444 e. The smallest absolute Gasteiger partial charge is 0.410 e. The van der Waals surface area contributed by atoms with Gasteiger partial charge in [0.1, 0.15) is 5.60 Å². The molecule has 2 aliphatic rings. The Labute approximate surface area is 190 Å². The standard InChI is InChI=1S/C24H47N5O2/c1-7-13-27-14-9-20(10-15-27)18-26-22(25-6)29-16-11-21(12-17-29)19-28(8-2)23(30)31-24(3,4)5/h20-21H,7-19H2,1-6H3,(H,25,26). The van der Waals surface area contributed by atoms with E-state index in [0.29, 0.717) is 12.5 Å². The highest BCUT2D eigenvalue weighted by Gasteiger charge is 2.27. The summed E-state index contributed by atoms with van der Waals surface area (Å²) >= 11 is 0. The van der Waals surface area contributed by atoms with Gasteiger partial charge >= 0.3 is 6.09 Å². The molecular weight excluding hydrogens is 390 g/mol. The molecule has 0 unspecified atom stereocenters. The molecular formula is C24H47N5O2. The van der Waals surface area contributed by atoms with Crippen LogP contribution in [0.2, 0.25) is 0 Å². The van der Waals surface area contributed by atoms with Crippen LogP contribution in [-0.2, 0) is 4.74 Å². The Kier molecular flexibility index (Phi) is 10.4. The van der Waals surface area contributed by atoms with Crippen molar-refractivity contribution in [1.29, 1.82) is 0 Å². The first-order valence-corrected chi connectivity index (χ1v) is 12.4. The Morgan fingerprint density at radius 3 is 2.19 bits per heavy atom. The van der Waals surface area contributed by atoms with Gasteiger partial charge in [0.2, 0.25) is 0 Å².